The van der Waals surface area contributed by atoms with Crippen LogP contribution in [-0.2, 0) is 4.79 Å². The highest BCUT2D eigenvalue weighted by Crippen LogP contribution is 2.16. The van der Waals surface area contributed by atoms with Crippen LogP contribution in [0.25, 0.3) is 0 Å². The van der Waals surface area contributed by atoms with E-state index in [4.69, 9.17) is 0 Å². The van der Waals surface area contributed by atoms with Gasteiger partial charge in [0.15, 0.2) is 0 Å². The van der Waals surface area contributed by atoms with Gasteiger partial charge in [-0.3, -0.25) is 4.79 Å². The Bertz CT molecular complexity index is 209. The zero-order valence-electron chi connectivity index (χ0n) is 8.34. The smallest absolute Gasteiger partial charge is 0.239 e. The number of hydrogen-bond donors (Lipinski definition) is 1. The molecule has 3 nitrogen and oxygen atoms in total. The number of hydrogen-bond acceptors (Lipinski definition) is 2. The van der Waals surface area contributed by atoms with E-state index in [1.807, 2.05) is 0 Å². The van der Waals surface area contributed by atoms with Crippen molar-refractivity contribution < 1.29 is 9.18 Å². The molecule has 2 saturated heterocycles. The van der Waals surface area contributed by atoms with Crippen LogP contribution in [-0.4, -0.2) is 42.7 Å². The molecule has 0 saturated carbocycles. The summed E-state index contributed by atoms with van der Waals surface area (Å²) >= 11 is 0. The van der Waals surface area contributed by atoms with Crippen LogP contribution < -0.4 is 5.32 Å². The van der Waals surface area contributed by atoms with Gasteiger partial charge in [-0.1, -0.05) is 6.42 Å². The molecule has 1 N–H and O–H groups in total. The van der Waals surface area contributed by atoms with E-state index < -0.39 is 6.17 Å². The zero-order valence-corrected chi connectivity index (χ0v) is 8.34. The third kappa shape index (κ3) is 2.05. The van der Waals surface area contributed by atoms with Gasteiger partial charge in [0.2, 0.25) is 5.91 Å². The number of piperidine rings is 1. The summed E-state index contributed by atoms with van der Waals surface area (Å²) in [5, 5.41) is 3.20. The number of nitrogens with one attached hydrogen (secondary N) is 1. The van der Waals surface area contributed by atoms with Gasteiger partial charge >= 0.3 is 0 Å². The minimum Gasteiger partial charge on any atom is -0.338 e. The molecular formula is C10H17FN2O. The molecule has 2 fully saturated rings. The van der Waals surface area contributed by atoms with Crippen molar-refractivity contribution in [2.24, 2.45) is 0 Å². The topological polar surface area (TPSA) is 32.3 Å². The SMILES string of the molecule is O=C([C@H]1CCCCN1)N1CC[C@H](F)C1. The van der Waals surface area contributed by atoms with Crippen molar-refractivity contribution in [3.8, 4) is 0 Å². The van der Waals surface area contributed by atoms with Crippen LogP contribution in [0.1, 0.15) is 25.7 Å². The molecule has 14 heavy (non-hydrogen) atoms. The first-order chi connectivity index (χ1) is 6.77. The lowest BCUT2D eigenvalue weighted by Crippen LogP contribution is -2.47. The summed E-state index contributed by atoms with van der Waals surface area (Å²) in [5.74, 6) is 0.102. The quantitative estimate of drug-likeness (QED) is 0.675. The maximum absolute atomic E-state index is 12.9. The summed E-state index contributed by atoms with van der Waals surface area (Å²) in [6.07, 6.45) is 2.87. The first-order valence-electron chi connectivity index (χ1n) is 5.43. The van der Waals surface area contributed by atoms with Gasteiger partial charge in [-0.15, -0.1) is 0 Å². The Morgan fingerprint density at radius 3 is 2.79 bits per heavy atom. The third-order valence-corrected chi connectivity index (χ3v) is 3.05. The van der Waals surface area contributed by atoms with Crippen LogP contribution >= 0.6 is 0 Å². The normalized spacial score (nSPS) is 33.4. The third-order valence-electron chi connectivity index (χ3n) is 3.05. The Balaban J connectivity index is 1.87. The van der Waals surface area contributed by atoms with Crippen LogP contribution in [0.4, 0.5) is 4.39 Å². The fourth-order valence-electron chi connectivity index (χ4n) is 2.20. The van der Waals surface area contributed by atoms with Gasteiger partial charge in [0.25, 0.3) is 0 Å². The molecule has 0 aromatic heterocycles. The van der Waals surface area contributed by atoms with Gasteiger partial charge in [0, 0.05) is 6.54 Å². The molecule has 2 aliphatic heterocycles. The minimum absolute atomic E-state index is 0.0472. The lowest BCUT2D eigenvalue weighted by atomic mass is 10.0. The molecule has 0 aromatic rings. The molecule has 2 aliphatic rings. The summed E-state index contributed by atoms with van der Waals surface area (Å²) in [4.78, 5) is 13.5. The number of halogens is 1. The van der Waals surface area contributed by atoms with Crippen molar-refractivity contribution in [1.29, 1.82) is 0 Å². The average molecular weight is 200 g/mol. The fraction of sp³-hybridized carbons (Fsp3) is 0.900. The number of carbonyl (C=O) groups is 1. The van der Waals surface area contributed by atoms with E-state index in [-0.39, 0.29) is 11.9 Å². The number of likely N-dealkylation sites (tertiary alicyclic amines) is 1. The van der Waals surface area contributed by atoms with E-state index in [1.54, 1.807) is 4.90 Å². The molecule has 0 aliphatic carbocycles. The molecule has 2 rings (SSSR count). The Hall–Kier alpha value is -0.640. The molecule has 0 spiro atoms. The number of rotatable bonds is 1. The zero-order chi connectivity index (χ0) is 9.97. The first-order valence-corrected chi connectivity index (χ1v) is 5.43. The molecule has 2 atom stereocenters. The lowest BCUT2D eigenvalue weighted by Gasteiger charge is -2.26. The van der Waals surface area contributed by atoms with Gasteiger partial charge in [-0.05, 0) is 25.8 Å². The fourth-order valence-corrected chi connectivity index (χ4v) is 2.20. The molecule has 0 radical (unpaired) electrons. The van der Waals surface area contributed by atoms with Crippen LogP contribution in [0.2, 0.25) is 0 Å². The second-order valence-electron chi connectivity index (χ2n) is 4.17. The van der Waals surface area contributed by atoms with E-state index in [9.17, 15) is 9.18 Å². The Morgan fingerprint density at radius 2 is 2.21 bits per heavy atom. The van der Waals surface area contributed by atoms with Gasteiger partial charge in [-0.25, -0.2) is 4.39 Å². The number of nitrogens with zero attached hydrogens (tertiary/aromatic N) is 1. The summed E-state index contributed by atoms with van der Waals surface area (Å²) in [7, 11) is 0. The maximum atomic E-state index is 12.9. The summed E-state index contributed by atoms with van der Waals surface area (Å²) in [6, 6.07) is -0.0472. The van der Waals surface area contributed by atoms with Crippen LogP contribution in [0, 0.1) is 0 Å². The molecular weight excluding hydrogens is 183 g/mol. The summed E-state index contributed by atoms with van der Waals surface area (Å²) in [6.45, 7) is 1.82. The molecule has 4 heteroatoms. The van der Waals surface area contributed by atoms with Crippen molar-refractivity contribution >= 4 is 5.91 Å². The second-order valence-corrected chi connectivity index (χ2v) is 4.17. The lowest BCUT2D eigenvalue weighted by molar-refractivity contribution is -0.133. The monoisotopic (exact) mass is 200 g/mol. The van der Waals surface area contributed by atoms with Gasteiger partial charge in [-0.2, -0.15) is 0 Å². The van der Waals surface area contributed by atoms with Crippen molar-refractivity contribution in [3.63, 3.8) is 0 Å². The van der Waals surface area contributed by atoms with Crippen molar-refractivity contribution in [2.75, 3.05) is 19.6 Å². The standard InChI is InChI=1S/C10H17FN2O/c11-8-4-6-13(7-8)10(14)9-3-1-2-5-12-9/h8-9,12H,1-7H2/t8-,9+/m0/s1. The predicted molar refractivity (Wildman–Crippen MR) is 51.7 cm³/mol. The predicted octanol–water partition coefficient (Wildman–Crippen LogP) is 0.699. The average Bonchev–Trinajstić information content (AvgIpc) is 2.65. The van der Waals surface area contributed by atoms with E-state index in [0.717, 1.165) is 25.8 Å². The first kappa shape index (κ1) is 9.90. The number of amides is 1. The maximum Gasteiger partial charge on any atom is 0.239 e. The van der Waals surface area contributed by atoms with Crippen molar-refractivity contribution in [2.45, 2.75) is 37.9 Å². The van der Waals surface area contributed by atoms with E-state index in [0.29, 0.717) is 19.5 Å². The highest BCUT2D eigenvalue weighted by Gasteiger charge is 2.31. The Labute approximate surface area is 83.6 Å². The Morgan fingerprint density at radius 1 is 1.36 bits per heavy atom. The van der Waals surface area contributed by atoms with Crippen molar-refractivity contribution in [3.05, 3.63) is 0 Å². The largest absolute Gasteiger partial charge is 0.338 e. The molecule has 1 amide bonds. The molecule has 0 bridgehead atoms. The summed E-state index contributed by atoms with van der Waals surface area (Å²) < 4.78 is 12.9. The minimum atomic E-state index is -0.803. The Kier molecular flexibility index (Phi) is 3.01. The molecule has 80 valence electrons. The van der Waals surface area contributed by atoms with E-state index in [1.165, 1.54) is 0 Å². The van der Waals surface area contributed by atoms with Crippen LogP contribution in [0.15, 0.2) is 0 Å². The van der Waals surface area contributed by atoms with E-state index >= 15 is 0 Å². The number of carbonyl (C=O) groups excluding carboxylic acids is 1. The van der Waals surface area contributed by atoms with Crippen LogP contribution in [0.5, 0.6) is 0 Å². The number of alkyl halides is 1. The molecule has 0 unspecified atom stereocenters. The van der Waals surface area contributed by atoms with Gasteiger partial charge in [0.1, 0.15) is 6.17 Å². The molecule has 0 aromatic carbocycles. The second kappa shape index (κ2) is 4.26. The van der Waals surface area contributed by atoms with Crippen LogP contribution in [0.3, 0.4) is 0 Å². The summed E-state index contributed by atoms with van der Waals surface area (Å²) in [5.41, 5.74) is 0. The highest BCUT2D eigenvalue weighted by molar-refractivity contribution is 5.82. The van der Waals surface area contributed by atoms with Gasteiger partial charge < -0.3 is 10.2 Å². The molecule has 2 heterocycles. The van der Waals surface area contributed by atoms with Gasteiger partial charge in [0.05, 0.1) is 12.6 Å². The highest BCUT2D eigenvalue weighted by atomic mass is 19.1. The van der Waals surface area contributed by atoms with Crippen molar-refractivity contribution in [1.82, 2.24) is 10.2 Å². The van der Waals surface area contributed by atoms with E-state index in [2.05, 4.69) is 5.32 Å².